The maximum atomic E-state index is 12.9. The predicted molar refractivity (Wildman–Crippen MR) is 107 cm³/mol. The van der Waals surface area contributed by atoms with Gasteiger partial charge in [0.1, 0.15) is 17.0 Å². The first-order valence-electron chi connectivity index (χ1n) is 9.07. The summed E-state index contributed by atoms with van der Waals surface area (Å²) in [4.78, 5) is 25.7. The van der Waals surface area contributed by atoms with Gasteiger partial charge >= 0.3 is 0 Å². The molecule has 5 heteroatoms. The van der Waals surface area contributed by atoms with Gasteiger partial charge in [-0.05, 0) is 36.8 Å². The third-order valence-corrected chi connectivity index (χ3v) is 4.81. The molecule has 3 heterocycles. The van der Waals surface area contributed by atoms with Gasteiger partial charge in [-0.2, -0.15) is 0 Å². The van der Waals surface area contributed by atoms with Crippen LogP contribution >= 0.6 is 0 Å². The van der Waals surface area contributed by atoms with Gasteiger partial charge in [-0.25, -0.2) is 4.98 Å². The Bertz CT molecular complexity index is 1130. The van der Waals surface area contributed by atoms with Gasteiger partial charge < -0.3 is 5.11 Å². The van der Waals surface area contributed by atoms with E-state index in [1.165, 1.54) is 0 Å². The van der Waals surface area contributed by atoms with E-state index < -0.39 is 0 Å². The highest BCUT2D eigenvalue weighted by Crippen LogP contribution is 2.38. The van der Waals surface area contributed by atoms with Gasteiger partial charge in [-0.3, -0.25) is 14.8 Å². The van der Waals surface area contributed by atoms with E-state index in [9.17, 15) is 9.90 Å². The predicted octanol–water partition coefficient (Wildman–Crippen LogP) is 4.44. The number of nitrogens with zero attached hydrogens (tertiary/aromatic N) is 3. The van der Waals surface area contributed by atoms with Gasteiger partial charge in [0, 0.05) is 47.6 Å². The van der Waals surface area contributed by atoms with Crippen molar-refractivity contribution in [3.05, 3.63) is 95.7 Å². The van der Waals surface area contributed by atoms with Crippen LogP contribution in [0.15, 0.2) is 73.2 Å². The number of benzene rings is 1. The summed E-state index contributed by atoms with van der Waals surface area (Å²) in [5, 5.41) is 11.8. The topological polar surface area (TPSA) is 76.0 Å². The van der Waals surface area contributed by atoms with E-state index in [1.54, 1.807) is 36.8 Å². The number of aryl methyl sites for hydroxylation is 1. The number of fused-ring (bicyclic) bond motifs is 1. The lowest BCUT2D eigenvalue weighted by Gasteiger charge is -2.19. The summed E-state index contributed by atoms with van der Waals surface area (Å²) in [6, 6.07) is 16.6. The highest BCUT2D eigenvalue weighted by molar-refractivity contribution is 5.95. The fourth-order valence-corrected chi connectivity index (χ4v) is 3.38. The molecule has 0 saturated heterocycles. The number of hydrogen-bond donors (Lipinski definition) is 1. The van der Waals surface area contributed by atoms with Crippen LogP contribution in [0, 0.1) is 6.92 Å². The van der Waals surface area contributed by atoms with Crippen molar-refractivity contribution in [1.29, 1.82) is 0 Å². The Labute approximate surface area is 162 Å². The molecule has 0 bridgehead atoms. The molecule has 1 N–H and O–H groups in total. The molecule has 0 aliphatic carbocycles. The standard InChI is InChI=1S/C23H19N3O2/c1-15-7-8-16-9-10-18(23(28)22(16)26-15)19(17-5-4-11-24-14-17)13-21(27)20-6-2-3-12-25-20/h2-12,14,19,28H,13H2,1H3. The first kappa shape index (κ1) is 17.8. The number of ketones is 1. The fraction of sp³-hybridized carbons (Fsp3) is 0.130. The minimum absolute atomic E-state index is 0.0915. The number of phenolic OH excluding ortho intramolecular Hbond substituents is 1. The zero-order chi connectivity index (χ0) is 19.5. The lowest BCUT2D eigenvalue weighted by atomic mass is 9.86. The molecular weight excluding hydrogens is 350 g/mol. The molecule has 0 amide bonds. The van der Waals surface area contributed by atoms with Crippen molar-refractivity contribution in [2.75, 3.05) is 0 Å². The molecular formula is C23H19N3O2. The average molecular weight is 369 g/mol. The molecule has 1 aromatic carbocycles. The quantitative estimate of drug-likeness (QED) is 0.526. The van der Waals surface area contributed by atoms with Crippen molar-refractivity contribution >= 4 is 16.7 Å². The van der Waals surface area contributed by atoms with Crippen molar-refractivity contribution in [3.63, 3.8) is 0 Å². The van der Waals surface area contributed by atoms with Gasteiger partial charge in [-0.15, -0.1) is 0 Å². The van der Waals surface area contributed by atoms with E-state index in [0.717, 1.165) is 16.6 Å². The van der Waals surface area contributed by atoms with E-state index in [1.807, 2.05) is 43.3 Å². The summed E-state index contributed by atoms with van der Waals surface area (Å²) < 4.78 is 0. The van der Waals surface area contributed by atoms with Crippen LogP contribution in [0.3, 0.4) is 0 Å². The summed E-state index contributed by atoms with van der Waals surface area (Å²) in [6.45, 7) is 1.88. The zero-order valence-corrected chi connectivity index (χ0v) is 15.4. The molecule has 0 aliphatic heterocycles. The Balaban J connectivity index is 1.81. The molecule has 0 saturated carbocycles. The Morgan fingerprint density at radius 1 is 1.04 bits per heavy atom. The molecule has 4 aromatic rings. The first-order valence-corrected chi connectivity index (χ1v) is 9.07. The van der Waals surface area contributed by atoms with Crippen LogP contribution in [0.2, 0.25) is 0 Å². The maximum Gasteiger partial charge on any atom is 0.182 e. The van der Waals surface area contributed by atoms with Gasteiger partial charge in [0.05, 0.1) is 0 Å². The van der Waals surface area contributed by atoms with Crippen LogP contribution in [-0.2, 0) is 0 Å². The number of carbonyl (C=O) groups excluding carboxylic acids is 1. The summed E-state index contributed by atoms with van der Waals surface area (Å²) in [6.07, 6.45) is 5.19. The molecule has 0 aliphatic rings. The summed E-state index contributed by atoms with van der Waals surface area (Å²) >= 11 is 0. The van der Waals surface area contributed by atoms with Crippen molar-refractivity contribution in [2.24, 2.45) is 0 Å². The monoisotopic (exact) mass is 369 g/mol. The van der Waals surface area contributed by atoms with E-state index >= 15 is 0 Å². The highest BCUT2D eigenvalue weighted by atomic mass is 16.3. The van der Waals surface area contributed by atoms with Crippen LogP contribution in [0.4, 0.5) is 0 Å². The number of hydrogen-bond acceptors (Lipinski definition) is 5. The molecule has 138 valence electrons. The largest absolute Gasteiger partial charge is 0.505 e. The number of rotatable bonds is 5. The van der Waals surface area contributed by atoms with Crippen molar-refractivity contribution < 1.29 is 9.90 Å². The first-order chi connectivity index (χ1) is 13.6. The van der Waals surface area contributed by atoms with Gasteiger partial charge in [0.25, 0.3) is 0 Å². The molecule has 5 nitrogen and oxygen atoms in total. The third-order valence-electron chi connectivity index (χ3n) is 4.81. The molecule has 28 heavy (non-hydrogen) atoms. The Hall–Kier alpha value is -3.60. The Kier molecular flexibility index (Phi) is 4.81. The van der Waals surface area contributed by atoms with Gasteiger partial charge in [0.15, 0.2) is 5.78 Å². The maximum absolute atomic E-state index is 12.9. The summed E-state index contributed by atoms with van der Waals surface area (Å²) in [5.74, 6) is -0.343. The Morgan fingerprint density at radius 3 is 2.64 bits per heavy atom. The van der Waals surface area contributed by atoms with Crippen molar-refractivity contribution in [2.45, 2.75) is 19.3 Å². The minimum atomic E-state index is -0.352. The van der Waals surface area contributed by atoms with Crippen LogP contribution < -0.4 is 0 Å². The van der Waals surface area contributed by atoms with Crippen molar-refractivity contribution in [1.82, 2.24) is 15.0 Å². The molecule has 1 unspecified atom stereocenters. The molecule has 0 radical (unpaired) electrons. The lowest BCUT2D eigenvalue weighted by molar-refractivity contribution is 0.0972. The summed E-state index contributed by atoms with van der Waals surface area (Å²) in [5.41, 5.74) is 3.28. The number of carbonyl (C=O) groups is 1. The number of pyridine rings is 3. The van der Waals surface area contributed by atoms with Crippen LogP contribution in [0.5, 0.6) is 5.75 Å². The molecule has 0 fully saturated rings. The second-order valence-electron chi connectivity index (χ2n) is 6.71. The smallest absolute Gasteiger partial charge is 0.182 e. The number of phenols is 1. The van der Waals surface area contributed by atoms with E-state index in [0.29, 0.717) is 16.8 Å². The highest BCUT2D eigenvalue weighted by Gasteiger charge is 2.24. The second kappa shape index (κ2) is 7.56. The number of aromatic hydroxyl groups is 1. The van der Waals surface area contributed by atoms with Gasteiger partial charge in [-0.1, -0.05) is 30.3 Å². The number of aromatic nitrogens is 3. The van der Waals surface area contributed by atoms with Crippen LogP contribution in [0.25, 0.3) is 10.9 Å². The SMILES string of the molecule is Cc1ccc2ccc(C(CC(=O)c3ccccn3)c3cccnc3)c(O)c2n1. The fourth-order valence-electron chi connectivity index (χ4n) is 3.38. The zero-order valence-electron chi connectivity index (χ0n) is 15.4. The average Bonchev–Trinajstić information content (AvgIpc) is 2.74. The second-order valence-corrected chi connectivity index (χ2v) is 6.71. The third kappa shape index (κ3) is 3.47. The minimum Gasteiger partial charge on any atom is -0.505 e. The van der Waals surface area contributed by atoms with E-state index in [-0.39, 0.29) is 23.9 Å². The van der Waals surface area contributed by atoms with Crippen LogP contribution in [-0.4, -0.2) is 25.8 Å². The molecule has 1 atom stereocenters. The number of Topliss-reactive ketones (excluding diaryl/α,β-unsaturated/α-hetero) is 1. The van der Waals surface area contributed by atoms with Gasteiger partial charge in [0.2, 0.25) is 0 Å². The van der Waals surface area contributed by atoms with Crippen molar-refractivity contribution in [3.8, 4) is 5.75 Å². The van der Waals surface area contributed by atoms with Crippen LogP contribution in [0.1, 0.15) is 39.6 Å². The normalized spacial score (nSPS) is 12.0. The molecule has 3 aromatic heterocycles. The molecule has 4 rings (SSSR count). The van der Waals surface area contributed by atoms with E-state index in [2.05, 4.69) is 15.0 Å². The Morgan fingerprint density at radius 2 is 1.89 bits per heavy atom. The summed E-state index contributed by atoms with van der Waals surface area (Å²) in [7, 11) is 0. The van der Waals surface area contributed by atoms with E-state index in [4.69, 9.17) is 0 Å². The molecule has 0 spiro atoms. The lowest BCUT2D eigenvalue weighted by Crippen LogP contribution is -2.11.